The van der Waals surface area contributed by atoms with Gasteiger partial charge < -0.3 is 9.47 Å². The molecule has 0 aromatic rings. The Morgan fingerprint density at radius 3 is 2.50 bits per heavy atom. The van der Waals surface area contributed by atoms with Gasteiger partial charge in [-0.15, -0.1) is 0 Å². The largest absolute Gasteiger partial charge is 0.499 e. The van der Waals surface area contributed by atoms with Gasteiger partial charge in [0, 0.05) is 5.57 Å². The maximum atomic E-state index is 12.3. The van der Waals surface area contributed by atoms with Gasteiger partial charge in [-0.2, -0.15) is 0 Å². The summed E-state index contributed by atoms with van der Waals surface area (Å²) < 4.78 is 10.8. The quantitative estimate of drug-likeness (QED) is 0.489. The maximum Gasteiger partial charge on any atom is 0.183 e. The molecular weight excluding hydrogens is 228 g/mol. The van der Waals surface area contributed by atoms with Crippen LogP contribution >= 0.6 is 0 Å². The van der Waals surface area contributed by atoms with E-state index in [1.54, 1.807) is 7.11 Å². The van der Waals surface area contributed by atoms with Gasteiger partial charge in [-0.3, -0.25) is 4.79 Å². The zero-order valence-electron chi connectivity index (χ0n) is 12.0. The van der Waals surface area contributed by atoms with Crippen molar-refractivity contribution in [1.29, 1.82) is 0 Å². The zero-order valence-corrected chi connectivity index (χ0v) is 12.0. The van der Waals surface area contributed by atoms with Crippen LogP contribution in [0.15, 0.2) is 23.7 Å². The van der Waals surface area contributed by atoms with Crippen LogP contribution < -0.4 is 0 Å². The molecule has 1 rings (SSSR count). The number of ether oxygens (including phenoxy) is 2. The van der Waals surface area contributed by atoms with E-state index in [4.69, 9.17) is 9.47 Å². The molecular formula is C15H24O3. The Morgan fingerprint density at radius 2 is 2.00 bits per heavy atom. The van der Waals surface area contributed by atoms with Crippen molar-refractivity contribution in [3.8, 4) is 0 Å². The van der Waals surface area contributed by atoms with Crippen LogP contribution in [-0.2, 0) is 14.3 Å². The van der Waals surface area contributed by atoms with Crippen molar-refractivity contribution in [3.05, 3.63) is 23.7 Å². The average Bonchev–Trinajstić information content (AvgIpc) is 2.37. The molecule has 1 aliphatic rings. The van der Waals surface area contributed by atoms with E-state index in [9.17, 15) is 4.79 Å². The summed E-state index contributed by atoms with van der Waals surface area (Å²) in [5, 5.41) is 0. The van der Waals surface area contributed by atoms with Gasteiger partial charge in [0.2, 0.25) is 0 Å². The summed E-state index contributed by atoms with van der Waals surface area (Å²) in [7, 11) is 1.61. The number of hydrogen-bond acceptors (Lipinski definition) is 3. The summed E-state index contributed by atoms with van der Waals surface area (Å²) in [5.74, 6) is 1.34. The van der Waals surface area contributed by atoms with Crippen molar-refractivity contribution in [2.24, 2.45) is 5.41 Å². The van der Waals surface area contributed by atoms with Gasteiger partial charge in [0.05, 0.1) is 13.7 Å². The van der Waals surface area contributed by atoms with Gasteiger partial charge in [-0.25, -0.2) is 0 Å². The summed E-state index contributed by atoms with van der Waals surface area (Å²) in [6.07, 6.45) is 4.11. The van der Waals surface area contributed by atoms with Gasteiger partial charge in [0.1, 0.15) is 16.9 Å². The van der Waals surface area contributed by atoms with Gasteiger partial charge in [0.15, 0.2) is 5.78 Å². The third kappa shape index (κ3) is 2.31. The molecule has 1 unspecified atom stereocenters. The van der Waals surface area contributed by atoms with Crippen molar-refractivity contribution in [2.45, 2.75) is 46.5 Å². The first-order valence-electron chi connectivity index (χ1n) is 6.68. The molecule has 1 atom stereocenters. The maximum absolute atomic E-state index is 12.3. The molecule has 0 fully saturated rings. The highest BCUT2D eigenvalue weighted by Gasteiger charge is 2.54. The monoisotopic (exact) mass is 252 g/mol. The fourth-order valence-corrected chi connectivity index (χ4v) is 2.43. The van der Waals surface area contributed by atoms with E-state index in [1.807, 2.05) is 13.8 Å². The van der Waals surface area contributed by atoms with Crippen LogP contribution in [0.2, 0.25) is 0 Å². The number of carbonyl (C=O) groups excluding carboxylic acids is 1. The van der Waals surface area contributed by atoms with Crippen LogP contribution in [0.1, 0.15) is 46.5 Å². The van der Waals surface area contributed by atoms with E-state index < -0.39 is 5.41 Å². The zero-order chi connectivity index (χ0) is 13.8. The summed E-state index contributed by atoms with van der Waals surface area (Å²) in [5.41, 5.74) is 0.0426. The van der Waals surface area contributed by atoms with Crippen molar-refractivity contribution < 1.29 is 14.3 Å². The normalized spacial score (nSPS) is 22.8. The Bertz CT molecular complexity index is 368. The Labute approximate surface area is 110 Å². The molecule has 0 saturated carbocycles. The number of Topliss-reactive ketones (excluding diaryl/α,β-unsaturated/α-hetero) is 1. The molecule has 0 radical (unpaired) electrons. The summed E-state index contributed by atoms with van der Waals surface area (Å²) in [4.78, 5) is 12.3. The minimum Gasteiger partial charge on any atom is -0.499 e. The van der Waals surface area contributed by atoms with E-state index >= 15 is 0 Å². The summed E-state index contributed by atoms with van der Waals surface area (Å²) >= 11 is 0. The molecule has 0 aliphatic heterocycles. The van der Waals surface area contributed by atoms with Crippen molar-refractivity contribution in [3.63, 3.8) is 0 Å². The Kier molecular flexibility index (Phi) is 5.00. The Balaban J connectivity index is 2.85. The number of hydrogen-bond donors (Lipinski definition) is 0. The highest BCUT2D eigenvalue weighted by molar-refractivity contribution is 6.10. The Morgan fingerprint density at radius 1 is 1.33 bits per heavy atom. The highest BCUT2D eigenvalue weighted by atomic mass is 16.5. The van der Waals surface area contributed by atoms with Crippen LogP contribution in [0.25, 0.3) is 0 Å². The first-order valence-corrected chi connectivity index (χ1v) is 6.68. The van der Waals surface area contributed by atoms with E-state index in [2.05, 4.69) is 13.5 Å². The lowest BCUT2D eigenvalue weighted by molar-refractivity contribution is -0.128. The van der Waals surface area contributed by atoms with Crippen LogP contribution in [0.4, 0.5) is 0 Å². The van der Waals surface area contributed by atoms with Crippen molar-refractivity contribution in [2.75, 3.05) is 13.7 Å². The van der Waals surface area contributed by atoms with Crippen LogP contribution in [-0.4, -0.2) is 19.5 Å². The van der Waals surface area contributed by atoms with E-state index in [1.165, 1.54) is 0 Å². The van der Waals surface area contributed by atoms with E-state index in [0.717, 1.165) is 37.0 Å². The molecule has 0 bridgehead atoms. The third-order valence-electron chi connectivity index (χ3n) is 3.57. The molecule has 0 amide bonds. The Hall–Kier alpha value is -1.25. The highest BCUT2D eigenvalue weighted by Crippen LogP contribution is 2.49. The number of ketones is 1. The number of rotatable bonds is 8. The van der Waals surface area contributed by atoms with Gasteiger partial charge in [-0.05, 0) is 26.7 Å². The van der Waals surface area contributed by atoms with Gasteiger partial charge in [0.25, 0.3) is 0 Å². The van der Waals surface area contributed by atoms with Gasteiger partial charge in [-0.1, -0.05) is 26.3 Å². The van der Waals surface area contributed by atoms with Crippen LogP contribution in [0.3, 0.4) is 0 Å². The lowest BCUT2D eigenvalue weighted by Crippen LogP contribution is -2.44. The number of carbonyl (C=O) groups is 1. The molecule has 18 heavy (non-hydrogen) atoms. The van der Waals surface area contributed by atoms with Crippen LogP contribution in [0, 0.1) is 5.41 Å². The fraction of sp³-hybridized carbons (Fsp3) is 0.667. The molecule has 0 aromatic heterocycles. The smallest absolute Gasteiger partial charge is 0.183 e. The first kappa shape index (κ1) is 14.8. The number of methoxy groups -OCH3 is 1. The minimum absolute atomic E-state index is 0.105. The molecule has 0 spiro atoms. The fourth-order valence-electron chi connectivity index (χ4n) is 2.43. The second-order valence-electron chi connectivity index (χ2n) is 4.78. The van der Waals surface area contributed by atoms with Crippen molar-refractivity contribution >= 4 is 5.78 Å². The van der Waals surface area contributed by atoms with Crippen molar-refractivity contribution in [1.82, 2.24) is 0 Å². The molecule has 3 heteroatoms. The molecule has 0 aromatic carbocycles. The predicted octanol–water partition coefficient (Wildman–Crippen LogP) is 3.61. The standard InChI is InChI=1S/C15H24O3/c1-6-8-9-10-12-13(16)15(4,14(12)17-5)11(3)18-7-2/h3,6-10H2,1-2,4-5H3. The lowest BCUT2D eigenvalue weighted by Gasteiger charge is -2.40. The molecule has 0 saturated heterocycles. The summed E-state index contributed by atoms with van der Waals surface area (Å²) in [6.45, 7) is 10.2. The molecule has 3 nitrogen and oxygen atoms in total. The number of allylic oxidation sites excluding steroid dienone is 1. The summed E-state index contributed by atoms with van der Waals surface area (Å²) in [6, 6.07) is 0. The predicted molar refractivity (Wildman–Crippen MR) is 72.1 cm³/mol. The van der Waals surface area contributed by atoms with E-state index in [0.29, 0.717) is 12.4 Å². The first-order chi connectivity index (χ1) is 8.53. The second kappa shape index (κ2) is 6.07. The minimum atomic E-state index is -0.772. The molecule has 0 heterocycles. The molecule has 102 valence electrons. The lowest BCUT2D eigenvalue weighted by atomic mass is 9.66. The second-order valence-corrected chi connectivity index (χ2v) is 4.78. The number of unbranched alkanes of at least 4 members (excludes halogenated alkanes) is 2. The molecule has 0 N–H and O–H groups in total. The molecule has 1 aliphatic carbocycles. The SMILES string of the molecule is C=C(OCC)C1(C)C(=O)C(CCCCC)=C1OC. The topological polar surface area (TPSA) is 35.5 Å². The third-order valence-corrected chi connectivity index (χ3v) is 3.57. The van der Waals surface area contributed by atoms with E-state index in [-0.39, 0.29) is 5.78 Å². The van der Waals surface area contributed by atoms with Gasteiger partial charge >= 0.3 is 0 Å². The van der Waals surface area contributed by atoms with Crippen LogP contribution in [0.5, 0.6) is 0 Å². The average molecular weight is 252 g/mol.